The molecule has 2 heterocycles. The smallest absolute Gasteiger partial charge is 0.288 e. The van der Waals surface area contributed by atoms with Crippen LogP contribution in [0.4, 0.5) is 0 Å². The van der Waals surface area contributed by atoms with Gasteiger partial charge < -0.3 is 0 Å². The Balaban J connectivity index is 2.36. The van der Waals surface area contributed by atoms with Crippen LogP contribution in [-0.2, 0) is 7.05 Å². The molecule has 0 atom stereocenters. The Bertz CT molecular complexity index is 965. The highest BCUT2D eigenvalue weighted by Crippen LogP contribution is 2.31. The van der Waals surface area contributed by atoms with Crippen molar-refractivity contribution in [2.75, 3.05) is 0 Å². The lowest BCUT2D eigenvalue weighted by Gasteiger charge is -2.05. The summed E-state index contributed by atoms with van der Waals surface area (Å²) >= 11 is 18.0. The van der Waals surface area contributed by atoms with Gasteiger partial charge >= 0.3 is 5.69 Å². The minimum atomic E-state index is -0.590. The second kappa shape index (κ2) is 4.87. The Morgan fingerprint density at radius 3 is 2.33 bits per heavy atom. The molecule has 3 rings (SSSR count). The zero-order valence-corrected chi connectivity index (χ0v) is 12.7. The van der Waals surface area contributed by atoms with Crippen LogP contribution in [0.5, 0.6) is 0 Å². The minimum absolute atomic E-state index is 0.000756. The number of aromatic nitrogens is 5. The monoisotopic (exact) mass is 345 g/mol. The van der Waals surface area contributed by atoms with Gasteiger partial charge in [-0.3, -0.25) is 14.3 Å². The normalized spacial score (nSPS) is 11.2. The highest BCUT2D eigenvalue weighted by Gasteiger charge is 2.16. The predicted molar refractivity (Wildman–Crippen MR) is 79.8 cm³/mol. The Morgan fingerprint density at radius 1 is 1.10 bits per heavy atom. The number of benzene rings is 1. The molecule has 0 radical (unpaired) electrons. The fraction of sp³-hybridized carbons (Fsp3) is 0.0909. The summed E-state index contributed by atoms with van der Waals surface area (Å²) in [6.07, 6.45) is 0. The van der Waals surface area contributed by atoms with E-state index in [2.05, 4.69) is 15.2 Å². The van der Waals surface area contributed by atoms with E-state index in [1.54, 1.807) is 0 Å². The zero-order chi connectivity index (χ0) is 15.3. The summed E-state index contributed by atoms with van der Waals surface area (Å²) in [5.41, 5.74) is -0.847. The van der Waals surface area contributed by atoms with Gasteiger partial charge in [-0.15, -0.1) is 15.0 Å². The highest BCUT2D eigenvalue weighted by atomic mass is 35.5. The number of aromatic amines is 1. The first-order valence-corrected chi connectivity index (χ1v) is 6.73. The Kier molecular flexibility index (Phi) is 3.27. The maximum atomic E-state index is 12.0. The zero-order valence-electron chi connectivity index (χ0n) is 10.4. The summed E-state index contributed by atoms with van der Waals surface area (Å²) in [5.74, 6) is 0. The number of hydrogen-bond donors (Lipinski definition) is 1. The summed E-state index contributed by atoms with van der Waals surface area (Å²) in [6.45, 7) is 0. The molecule has 0 aliphatic heterocycles. The maximum absolute atomic E-state index is 12.0. The van der Waals surface area contributed by atoms with Gasteiger partial charge in [0.15, 0.2) is 11.2 Å². The Hall–Kier alpha value is -1.83. The fourth-order valence-electron chi connectivity index (χ4n) is 1.80. The van der Waals surface area contributed by atoms with Crippen molar-refractivity contribution in [1.82, 2.24) is 24.5 Å². The number of fused-ring (bicyclic) bond motifs is 1. The van der Waals surface area contributed by atoms with Crippen molar-refractivity contribution in [2.24, 2.45) is 7.05 Å². The fourth-order valence-corrected chi connectivity index (χ4v) is 2.76. The number of nitrogens with zero attached hydrogens (tertiary/aromatic N) is 4. The number of halogens is 3. The maximum Gasteiger partial charge on any atom is 0.329 e. The first-order valence-electron chi connectivity index (χ1n) is 5.60. The molecule has 2 aromatic heterocycles. The van der Waals surface area contributed by atoms with Crippen LogP contribution in [0.25, 0.3) is 16.9 Å². The molecule has 1 N–H and O–H groups in total. The van der Waals surface area contributed by atoms with Crippen molar-refractivity contribution >= 4 is 46.0 Å². The van der Waals surface area contributed by atoms with Crippen molar-refractivity contribution in [1.29, 1.82) is 0 Å². The van der Waals surface area contributed by atoms with Crippen LogP contribution in [0.1, 0.15) is 0 Å². The topological polar surface area (TPSA) is 85.6 Å². The highest BCUT2D eigenvalue weighted by molar-refractivity contribution is 6.40. The van der Waals surface area contributed by atoms with E-state index < -0.39 is 11.2 Å². The molecule has 0 amide bonds. The molecule has 0 saturated carbocycles. The predicted octanol–water partition coefficient (Wildman–Crippen LogP) is 1.77. The molecule has 1 aromatic carbocycles. The van der Waals surface area contributed by atoms with Crippen LogP contribution < -0.4 is 11.2 Å². The second-order valence-electron chi connectivity index (χ2n) is 4.20. The van der Waals surface area contributed by atoms with Crippen molar-refractivity contribution < 1.29 is 0 Å². The van der Waals surface area contributed by atoms with E-state index in [1.165, 1.54) is 19.2 Å². The largest absolute Gasteiger partial charge is 0.329 e. The third-order valence-corrected chi connectivity index (χ3v) is 3.63. The molecular formula is C11H6Cl3N5O2. The standard InChI is InChI=1S/C11H6Cl3N5O2/c1-18-10(20)7-9(15-11(18)21)17-19(16-7)8-5(13)2-4(12)3-6(8)14/h2-3H,1H3,(H,15,17,21). The van der Waals surface area contributed by atoms with Crippen LogP contribution in [0.15, 0.2) is 21.7 Å². The van der Waals surface area contributed by atoms with E-state index in [1.807, 2.05) is 0 Å². The van der Waals surface area contributed by atoms with Crippen molar-refractivity contribution in [2.45, 2.75) is 0 Å². The van der Waals surface area contributed by atoms with Crippen LogP contribution in [0.3, 0.4) is 0 Å². The number of hydrogen-bond acceptors (Lipinski definition) is 4. The van der Waals surface area contributed by atoms with Gasteiger partial charge in [0.1, 0.15) is 5.69 Å². The van der Waals surface area contributed by atoms with Gasteiger partial charge in [-0.1, -0.05) is 34.8 Å². The molecular weight excluding hydrogens is 341 g/mol. The van der Waals surface area contributed by atoms with E-state index in [0.717, 1.165) is 9.36 Å². The van der Waals surface area contributed by atoms with Gasteiger partial charge in [-0.05, 0) is 12.1 Å². The Morgan fingerprint density at radius 2 is 1.71 bits per heavy atom. The molecule has 0 spiro atoms. The molecule has 0 bridgehead atoms. The summed E-state index contributed by atoms with van der Waals surface area (Å²) in [6, 6.07) is 2.94. The summed E-state index contributed by atoms with van der Waals surface area (Å²) in [5, 5.41) is 8.83. The van der Waals surface area contributed by atoms with Crippen molar-refractivity contribution in [3.05, 3.63) is 48.0 Å². The molecule has 3 aromatic rings. The lowest BCUT2D eigenvalue weighted by Crippen LogP contribution is -2.32. The number of rotatable bonds is 1. The number of H-pyrrole nitrogens is 1. The molecule has 0 unspecified atom stereocenters. The van der Waals surface area contributed by atoms with E-state index in [4.69, 9.17) is 34.8 Å². The van der Waals surface area contributed by atoms with Gasteiger partial charge in [-0.25, -0.2) is 4.79 Å². The van der Waals surface area contributed by atoms with Gasteiger partial charge in [0.2, 0.25) is 0 Å². The van der Waals surface area contributed by atoms with Crippen LogP contribution in [0, 0.1) is 0 Å². The first-order chi connectivity index (χ1) is 9.88. The summed E-state index contributed by atoms with van der Waals surface area (Å²) in [4.78, 5) is 27.0. The molecule has 0 aliphatic rings. The van der Waals surface area contributed by atoms with Crippen LogP contribution in [0.2, 0.25) is 15.1 Å². The molecule has 0 fully saturated rings. The average Bonchev–Trinajstić information content (AvgIpc) is 2.78. The molecule has 21 heavy (non-hydrogen) atoms. The lowest BCUT2D eigenvalue weighted by atomic mass is 10.3. The van der Waals surface area contributed by atoms with Crippen LogP contribution >= 0.6 is 34.8 Å². The molecule has 10 heteroatoms. The van der Waals surface area contributed by atoms with Gasteiger partial charge in [-0.2, -0.15) is 0 Å². The second-order valence-corrected chi connectivity index (χ2v) is 5.45. The SMILES string of the molecule is Cn1c(=O)[nH]c2nn(-c3c(Cl)cc(Cl)cc3Cl)nc2c1=O. The molecule has 0 aliphatic carbocycles. The quantitative estimate of drug-likeness (QED) is 0.727. The average molecular weight is 347 g/mol. The summed E-state index contributed by atoms with van der Waals surface area (Å²) in [7, 11) is 1.34. The van der Waals surface area contributed by atoms with Crippen LogP contribution in [-0.4, -0.2) is 24.5 Å². The van der Waals surface area contributed by atoms with Crippen molar-refractivity contribution in [3.63, 3.8) is 0 Å². The summed E-state index contributed by atoms with van der Waals surface area (Å²) < 4.78 is 0.895. The molecule has 0 saturated heterocycles. The van der Waals surface area contributed by atoms with E-state index in [9.17, 15) is 9.59 Å². The lowest BCUT2D eigenvalue weighted by molar-refractivity contribution is 0.763. The molecule has 108 valence electrons. The third-order valence-electron chi connectivity index (χ3n) is 2.83. The Labute approximate surface area is 131 Å². The van der Waals surface area contributed by atoms with E-state index >= 15 is 0 Å². The van der Waals surface area contributed by atoms with Gasteiger partial charge in [0.25, 0.3) is 5.56 Å². The number of nitrogens with one attached hydrogen (secondary N) is 1. The first kappa shape index (κ1) is 14.1. The molecule has 7 nitrogen and oxygen atoms in total. The van der Waals surface area contributed by atoms with Crippen molar-refractivity contribution in [3.8, 4) is 5.69 Å². The third kappa shape index (κ3) is 2.23. The van der Waals surface area contributed by atoms with Gasteiger partial charge in [0.05, 0.1) is 10.0 Å². The minimum Gasteiger partial charge on any atom is -0.288 e. The van der Waals surface area contributed by atoms with E-state index in [0.29, 0.717) is 5.02 Å². The van der Waals surface area contributed by atoms with E-state index in [-0.39, 0.29) is 26.9 Å². The van der Waals surface area contributed by atoms with Gasteiger partial charge in [0, 0.05) is 12.1 Å².